The molecule has 0 aromatic heterocycles. The van der Waals surface area contributed by atoms with Gasteiger partial charge in [-0.25, -0.2) is 0 Å². The van der Waals surface area contributed by atoms with Gasteiger partial charge in [-0.2, -0.15) is 0 Å². The molecule has 0 aliphatic carbocycles. The van der Waals surface area contributed by atoms with E-state index in [0.717, 1.165) is 35.8 Å². The van der Waals surface area contributed by atoms with E-state index in [0.29, 0.717) is 11.5 Å². The average Bonchev–Trinajstić information content (AvgIpc) is 2.45. The van der Waals surface area contributed by atoms with Crippen LogP contribution in [0.15, 0.2) is 47.9 Å². The van der Waals surface area contributed by atoms with Crippen molar-refractivity contribution >= 4 is 127 Å². The molecule has 1 nitrogen and oxygen atoms in total. The molecule has 0 aliphatic rings. The third kappa shape index (κ3) is 4.19. The van der Waals surface area contributed by atoms with Crippen LogP contribution in [-0.4, -0.2) is 0 Å². The van der Waals surface area contributed by atoms with Gasteiger partial charge in [0.05, 0.1) is 17.9 Å². The van der Waals surface area contributed by atoms with E-state index in [-0.39, 0.29) is 0 Å². The first-order valence-corrected chi connectivity index (χ1v) is 11.4. The van der Waals surface area contributed by atoms with Crippen LogP contribution < -0.4 is 4.74 Å². The Balaban J connectivity index is 2.54. The summed E-state index contributed by atoms with van der Waals surface area (Å²) in [6.07, 6.45) is 0. The van der Waals surface area contributed by atoms with E-state index in [2.05, 4.69) is 127 Å². The minimum Gasteiger partial charge on any atom is -0.455 e. The minimum atomic E-state index is 0.679. The summed E-state index contributed by atoms with van der Waals surface area (Å²) in [6, 6.07) is 3.77. The summed E-state index contributed by atoms with van der Waals surface area (Å²) >= 11 is 28.0. The molecule has 0 heterocycles. The summed E-state index contributed by atoms with van der Waals surface area (Å²) in [4.78, 5) is 0. The summed E-state index contributed by atoms with van der Waals surface area (Å²) in [7, 11) is 0. The van der Waals surface area contributed by atoms with Crippen molar-refractivity contribution in [1.82, 2.24) is 0 Å². The molecule has 2 aromatic rings. The van der Waals surface area contributed by atoms with Crippen LogP contribution in [0.5, 0.6) is 11.5 Å². The van der Waals surface area contributed by atoms with Crippen molar-refractivity contribution in [3.8, 4) is 11.5 Å². The van der Waals surface area contributed by atoms with E-state index in [1.54, 1.807) is 0 Å². The van der Waals surface area contributed by atoms with E-state index in [4.69, 9.17) is 4.74 Å². The summed E-state index contributed by atoms with van der Waals surface area (Å²) in [6.45, 7) is 0. The van der Waals surface area contributed by atoms with Crippen molar-refractivity contribution in [2.45, 2.75) is 0 Å². The van der Waals surface area contributed by atoms with Gasteiger partial charge in [-0.1, -0.05) is 0 Å². The lowest BCUT2D eigenvalue weighted by atomic mass is 10.3. The summed E-state index contributed by atoms with van der Waals surface area (Å²) in [5, 5.41) is 0. The monoisotopic (exact) mass is 793 g/mol. The van der Waals surface area contributed by atoms with Crippen LogP contribution in [0.4, 0.5) is 0 Å². The molecule has 0 spiro atoms. The van der Waals surface area contributed by atoms with E-state index in [9.17, 15) is 0 Å². The Morgan fingerprint density at radius 1 is 0.476 bits per heavy atom. The number of halogens is 8. The molecule has 0 saturated carbocycles. The Morgan fingerprint density at radius 3 is 1.14 bits per heavy atom. The van der Waals surface area contributed by atoms with Crippen molar-refractivity contribution in [3.63, 3.8) is 0 Å². The second-order valence-electron chi connectivity index (χ2n) is 3.70. The Labute approximate surface area is 189 Å². The quantitative estimate of drug-likeness (QED) is 0.217. The predicted molar refractivity (Wildman–Crippen MR) is 115 cm³/mol. The topological polar surface area (TPSA) is 9.23 Å². The highest BCUT2D eigenvalue weighted by Gasteiger charge is 2.17. The van der Waals surface area contributed by atoms with E-state index in [1.807, 2.05) is 12.1 Å². The fraction of sp³-hybridized carbons (Fsp3) is 0. The number of benzene rings is 2. The maximum Gasteiger partial charge on any atom is 0.144 e. The molecule has 0 N–H and O–H groups in total. The lowest BCUT2D eigenvalue weighted by Crippen LogP contribution is -1.91. The average molecular weight is 801 g/mol. The molecule has 0 radical (unpaired) electrons. The van der Waals surface area contributed by atoms with Gasteiger partial charge in [0.2, 0.25) is 0 Å². The van der Waals surface area contributed by atoms with Crippen LogP contribution in [0.2, 0.25) is 0 Å². The maximum absolute atomic E-state index is 6.02. The first kappa shape index (κ1) is 19.4. The molecule has 0 amide bonds. The molecule has 0 saturated heterocycles. The largest absolute Gasteiger partial charge is 0.455 e. The fourth-order valence-electron chi connectivity index (χ4n) is 1.37. The molecule has 112 valence electrons. The second kappa shape index (κ2) is 7.97. The fourth-order valence-corrected chi connectivity index (χ4v) is 5.48. The first-order chi connectivity index (χ1) is 9.73. The summed E-state index contributed by atoms with van der Waals surface area (Å²) in [5.74, 6) is 1.36. The number of rotatable bonds is 2. The van der Waals surface area contributed by atoms with Crippen LogP contribution in [0, 0.1) is 0 Å². The van der Waals surface area contributed by atoms with E-state index >= 15 is 0 Å². The Bertz CT molecular complexity index is 667. The third-order valence-corrected chi connectivity index (χ3v) is 11.6. The molecule has 0 atom stereocenters. The van der Waals surface area contributed by atoms with E-state index in [1.165, 1.54) is 0 Å². The third-order valence-electron chi connectivity index (χ3n) is 2.36. The molecular formula is C12H2Br8O. The summed E-state index contributed by atoms with van der Waals surface area (Å²) in [5.41, 5.74) is 0. The standard InChI is InChI=1S/C12H2Br8O/c13-3-1-5(9(17)11(19)7(3)15)21-6-2-4(14)8(16)12(20)10(6)18/h1-2H. The Morgan fingerprint density at radius 2 is 0.810 bits per heavy atom. The molecule has 0 bridgehead atoms. The lowest BCUT2D eigenvalue weighted by molar-refractivity contribution is 0.474. The van der Waals surface area contributed by atoms with Gasteiger partial charge in [-0.05, 0) is 140 Å². The zero-order valence-corrected chi connectivity index (χ0v) is 22.3. The molecule has 9 heteroatoms. The molecule has 2 rings (SSSR count). The van der Waals surface area contributed by atoms with E-state index < -0.39 is 0 Å². The van der Waals surface area contributed by atoms with Crippen LogP contribution in [0.25, 0.3) is 0 Å². The minimum absolute atomic E-state index is 0.679. The number of hydrogen-bond donors (Lipinski definition) is 0. The number of ether oxygens (including phenoxy) is 1. The molecule has 21 heavy (non-hydrogen) atoms. The second-order valence-corrected chi connectivity index (χ2v) is 10.2. The van der Waals surface area contributed by atoms with Crippen molar-refractivity contribution in [3.05, 3.63) is 47.9 Å². The first-order valence-electron chi connectivity index (χ1n) is 5.07. The van der Waals surface area contributed by atoms with Crippen LogP contribution >= 0.6 is 127 Å². The van der Waals surface area contributed by atoms with Gasteiger partial charge >= 0.3 is 0 Å². The smallest absolute Gasteiger partial charge is 0.144 e. The van der Waals surface area contributed by atoms with Gasteiger partial charge in [-0.15, -0.1) is 0 Å². The Kier molecular flexibility index (Phi) is 7.37. The van der Waals surface area contributed by atoms with Gasteiger partial charge < -0.3 is 4.74 Å². The zero-order valence-electron chi connectivity index (χ0n) is 9.59. The van der Waals surface area contributed by atoms with Gasteiger partial charge in [0.1, 0.15) is 11.5 Å². The normalized spacial score (nSPS) is 10.9. The van der Waals surface area contributed by atoms with Crippen molar-refractivity contribution in [2.75, 3.05) is 0 Å². The van der Waals surface area contributed by atoms with Gasteiger partial charge in [0, 0.05) is 17.9 Å². The van der Waals surface area contributed by atoms with Crippen molar-refractivity contribution in [1.29, 1.82) is 0 Å². The van der Waals surface area contributed by atoms with Crippen molar-refractivity contribution < 1.29 is 4.74 Å². The van der Waals surface area contributed by atoms with Gasteiger partial charge in [0.15, 0.2) is 0 Å². The molecule has 0 fully saturated rings. The highest BCUT2D eigenvalue weighted by molar-refractivity contribution is 9.15. The molecule has 0 aliphatic heterocycles. The maximum atomic E-state index is 6.02. The Hall–Kier alpha value is 2.08. The van der Waals surface area contributed by atoms with Crippen LogP contribution in [0.3, 0.4) is 0 Å². The highest BCUT2D eigenvalue weighted by atomic mass is 79.9. The van der Waals surface area contributed by atoms with Crippen molar-refractivity contribution in [2.24, 2.45) is 0 Å². The number of hydrogen-bond acceptors (Lipinski definition) is 1. The lowest BCUT2D eigenvalue weighted by Gasteiger charge is -2.14. The predicted octanol–water partition coefficient (Wildman–Crippen LogP) is 9.58. The molecule has 0 unspecified atom stereocenters. The SMILES string of the molecule is Brc1cc(Oc2cc(Br)c(Br)c(Br)c2Br)c(Br)c(Br)c1Br. The highest BCUT2D eigenvalue weighted by Crippen LogP contribution is 2.47. The van der Waals surface area contributed by atoms with Crippen LogP contribution in [0.1, 0.15) is 0 Å². The zero-order chi connectivity index (χ0) is 15.9. The van der Waals surface area contributed by atoms with Crippen LogP contribution in [-0.2, 0) is 0 Å². The molecule has 2 aromatic carbocycles. The molecular weight excluding hydrogens is 799 g/mol. The van der Waals surface area contributed by atoms with Gasteiger partial charge in [-0.3, -0.25) is 0 Å². The van der Waals surface area contributed by atoms with Gasteiger partial charge in [0.25, 0.3) is 0 Å². The summed E-state index contributed by atoms with van der Waals surface area (Å²) < 4.78 is 13.0.